The molecule has 1 rings (SSSR count). The second-order valence-electron chi connectivity index (χ2n) is 4.07. The molecular weight excluding hydrogens is 182 g/mol. The van der Waals surface area contributed by atoms with Crippen LogP contribution in [0.3, 0.4) is 0 Å². The Bertz CT molecular complexity index is 164. The van der Waals surface area contributed by atoms with Gasteiger partial charge < -0.3 is 0 Å². The molecule has 13 heavy (non-hydrogen) atoms. The summed E-state index contributed by atoms with van der Waals surface area (Å²) >= 11 is 1.57. The standard InChI is InChI=1S/C10H19NOS/c1-8-3-5-10(6-4-8)11-13-7-9(2)12/h8,10-11H,3-7H2,1-2H3. The number of hydrogen-bond acceptors (Lipinski definition) is 3. The second-order valence-corrected chi connectivity index (χ2v) is 4.88. The molecule has 0 atom stereocenters. The van der Waals surface area contributed by atoms with Gasteiger partial charge in [0.05, 0.1) is 5.75 Å². The Labute approximate surface area is 85.0 Å². The quantitative estimate of drug-likeness (QED) is 0.708. The van der Waals surface area contributed by atoms with Gasteiger partial charge in [-0.15, -0.1) is 0 Å². The lowest BCUT2D eigenvalue weighted by atomic mass is 9.88. The Morgan fingerprint density at radius 2 is 2.00 bits per heavy atom. The smallest absolute Gasteiger partial charge is 0.140 e. The molecule has 0 radical (unpaired) electrons. The molecule has 0 aliphatic heterocycles. The fourth-order valence-electron chi connectivity index (χ4n) is 1.64. The van der Waals surface area contributed by atoms with Crippen molar-refractivity contribution < 1.29 is 4.79 Å². The number of hydrogen-bond donors (Lipinski definition) is 1. The van der Waals surface area contributed by atoms with Gasteiger partial charge in [-0.2, -0.15) is 0 Å². The molecule has 1 saturated carbocycles. The number of ketones is 1. The van der Waals surface area contributed by atoms with Crippen molar-refractivity contribution in [3.05, 3.63) is 0 Å². The molecule has 1 N–H and O–H groups in total. The molecule has 0 aromatic rings. The van der Waals surface area contributed by atoms with Crippen LogP contribution in [0.1, 0.15) is 39.5 Å². The maximum atomic E-state index is 10.7. The normalized spacial score (nSPS) is 28.8. The zero-order chi connectivity index (χ0) is 9.68. The van der Waals surface area contributed by atoms with E-state index in [1.165, 1.54) is 25.7 Å². The highest BCUT2D eigenvalue weighted by molar-refractivity contribution is 7.98. The third-order valence-corrected chi connectivity index (χ3v) is 3.59. The highest BCUT2D eigenvalue weighted by atomic mass is 32.2. The van der Waals surface area contributed by atoms with E-state index in [9.17, 15) is 4.79 Å². The molecule has 76 valence electrons. The SMILES string of the molecule is CC(=O)CSNC1CCC(C)CC1. The number of carbonyl (C=O) groups is 1. The summed E-state index contributed by atoms with van der Waals surface area (Å²) in [5.41, 5.74) is 0. The maximum absolute atomic E-state index is 10.7. The minimum Gasteiger partial charge on any atom is -0.299 e. The average molecular weight is 201 g/mol. The van der Waals surface area contributed by atoms with Crippen LogP contribution in [0.15, 0.2) is 0 Å². The molecule has 1 fully saturated rings. The van der Waals surface area contributed by atoms with Crippen LogP contribution < -0.4 is 4.72 Å². The van der Waals surface area contributed by atoms with E-state index in [4.69, 9.17) is 0 Å². The van der Waals surface area contributed by atoms with E-state index >= 15 is 0 Å². The first-order valence-electron chi connectivity index (χ1n) is 5.05. The van der Waals surface area contributed by atoms with Crippen LogP contribution in [0.4, 0.5) is 0 Å². The first-order valence-corrected chi connectivity index (χ1v) is 6.04. The average Bonchev–Trinajstić information content (AvgIpc) is 2.08. The third kappa shape index (κ3) is 4.67. The summed E-state index contributed by atoms with van der Waals surface area (Å²) in [6, 6.07) is 0.639. The van der Waals surface area contributed by atoms with E-state index < -0.39 is 0 Å². The zero-order valence-corrected chi connectivity index (χ0v) is 9.32. The predicted octanol–water partition coefficient (Wildman–Crippen LogP) is 2.39. The van der Waals surface area contributed by atoms with Gasteiger partial charge in [-0.25, -0.2) is 0 Å². The van der Waals surface area contributed by atoms with Crippen LogP contribution in [-0.2, 0) is 4.79 Å². The van der Waals surface area contributed by atoms with Crippen molar-refractivity contribution in [2.45, 2.75) is 45.6 Å². The van der Waals surface area contributed by atoms with E-state index in [1.54, 1.807) is 18.9 Å². The van der Waals surface area contributed by atoms with Crippen molar-refractivity contribution in [3.63, 3.8) is 0 Å². The van der Waals surface area contributed by atoms with Crippen molar-refractivity contribution in [1.82, 2.24) is 4.72 Å². The largest absolute Gasteiger partial charge is 0.299 e. The summed E-state index contributed by atoms with van der Waals surface area (Å²) < 4.78 is 3.37. The van der Waals surface area contributed by atoms with Gasteiger partial charge in [0.25, 0.3) is 0 Å². The monoisotopic (exact) mass is 201 g/mol. The van der Waals surface area contributed by atoms with Gasteiger partial charge in [0.2, 0.25) is 0 Å². The molecule has 0 bridgehead atoms. The molecule has 0 aromatic heterocycles. The Morgan fingerprint density at radius 3 is 2.54 bits per heavy atom. The van der Waals surface area contributed by atoms with E-state index in [2.05, 4.69) is 11.6 Å². The maximum Gasteiger partial charge on any atom is 0.140 e. The summed E-state index contributed by atoms with van der Waals surface area (Å²) in [5, 5.41) is 0. The number of nitrogens with one attached hydrogen (secondary N) is 1. The number of Topliss-reactive ketones (excluding diaryl/α,β-unsaturated/α-hetero) is 1. The first-order chi connectivity index (χ1) is 6.18. The van der Waals surface area contributed by atoms with E-state index in [0.29, 0.717) is 11.8 Å². The van der Waals surface area contributed by atoms with Crippen LogP contribution in [0.2, 0.25) is 0 Å². The summed E-state index contributed by atoms with van der Waals surface area (Å²) in [6.45, 7) is 3.95. The van der Waals surface area contributed by atoms with Gasteiger partial charge in [-0.1, -0.05) is 18.9 Å². The summed E-state index contributed by atoms with van der Waals surface area (Å²) in [7, 11) is 0. The Balaban J connectivity index is 2.05. The van der Waals surface area contributed by atoms with E-state index in [-0.39, 0.29) is 5.78 Å². The van der Waals surface area contributed by atoms with Crippen LogP contribution in [0, 0.1) is 5.92 Å². The lowest BCUT2D eigenvalue weighted by Crippen LogP contribution is -2.28. The number of carbonyl (C=O) groups excluding carboxylic acids is 1. The molecule has 1 aliphatic carbocycles. The van der Waals surface area contributed by atoms with Crippen LogP contribution in [0.5, 0.6) is 0 Å². The topological polar surface area (TPSA) is 29.1 Å². The Morgan fingerprint density at radius 1 is 1.38 bits per heavy atom. The van der Waals surface area contributed by atoms with Gasteiger partial charge in [0.15, 0.2) is 0 Å². The van der Waals surface area contributed by atoms with Crippen LogP contribution in [-0.4, -0.2) is 17.6 Å². The van der Waals surface area contributed by atoms with Crippen LogP contribution in [0.25, 0.3) is 0 Å². The minimum atomic E-state index is 0.252. The highest BCUT2D eigenvalue weighted by Crippen LogP contribution is 2.24. The van der Waals surface area contributed by atoms with Crippen molar-refractivity contribution in [1.29, 1.82) is 0 Å². The molecule has 0 unspecified atom stereocenters. The summed E-state index contributed by atoms with van der Waals surface area (Å²) in [6.07, 6.45) is 5.20. The molecule has 2 nitrogen and oxygen atoms in total. The molecule has 0 spiro atoms. The third-order valence-electron chi connectivity index (χ3n) is 2.54. The first kappa shape index (κ1) is 11.1. The molecular formula is C10H19NOS. The molecule has 1 aliphatic rings. The molecule has 0 amide bonds. The lowest BCUT2D eigenvalue weighted by Gasteiger charge is -2.26. The van der Waals surface area contributed by atoms with Gasteiger partial charge in [-0.3, -0.25) is 9.52 Å². The summed E-state index contributed by atoms with van der Waals surface area (Å²) in [4.78, 5) is 10.7. The molecule has 0 heterocycles. The molecule has 3 heteroatoms. The lowest BCUT2D eigenvalue weighted by molar-refractivity contribution is -0.114. The van der Waals surface area contributed by atoms with Crippen molar-refractivity contribution >= 4 is 17.7 Å². The van der Waals surface area contributed by atoms with Gasteiger partial charge in [0.1, 0.15) is 5.78 Å². The predicted molar refractivity (Wildman–Crippen MR) is 57.7 cm³/mol. The zero-order valence-electron chi connectivity index (χ0n) is 8.51. The highest BCUT2D eigenvalue weighted by Gasteiger charge is 2.17. The Kier molecular flexibility index (Phi) is 4.81. The van der Waals surface area contributed by atoms with Crippen molar-refractivity contribution in [2.75, 3.05) is 5.75 Å². The van der Waals surface area contributed by atoms with E-state index in [1.807, 2.05) is 0 Å². The molecule has 0 aromatic carbocycles. The van der Waals surface area contributed by atoms with Crippen LogP contribution >= 0.6 is 11.9 Å². The minimum absolute atomic E-state index is 0.252. The van der Waals surface area contributed by atoms with Crippen molar-refractivity contribution in [2.24, 2.45) is 5.92 Å². The Hall–Kier alpha value is -0.0200. The second kappa shape index (κ2) is 5.66. The van der Waals surface area contributed by atoms with E-state index in [0.717, 1.165) is 5.92 Å². The van der Waals surface area contributed by atoms with Crippen molar-refractivity contribution in [3.8, 4) is 0 Å². The fourth-order valence-corrected chi connectivity index (χ4v) is 2.40. The summed E-state index contributed by atoms with van der Waals surface area (Å²) in [5.74, 6) is 1.75. The van der Waals surface area contributed by atoms with Gasteiger partial charge in [-0.05, 0) is 38.5 Å². The number of rotatable bonds is 4. The molecule has 0 saturated heterocycles. The van der Waals surface area contributed by atoms with Gasteiger partial charge in [0, 0.05) is 6.04 Å². The van der Waals surface area contributed by atoms with Gasteiger partial charge >= 0.3 is 0 Å². The fraction of sp³-hybridized carbons (Fsp3) is 0.900.